The summed E-state index contributed by atoms with van der Waals surface area (Å²) in [6, 6.07) is 0. The second-order valence-electron chi connectivity index (χ2n) is 7.25. The van der Waals surface area contributed by atoms with Gasteiger partial charge < -0.3 is 0 Å². The Morgan fingerprint density at radius 1 is 0.462 bits per heavy atom. The molecule has 2 aliphatic heterocycles. The lowest BCUT2D eigenvalue weighted by Crippen LogP contribution is -2.21. The quantitative estimate of drug-likeness (QED) is 0.573. The molecule has 0 radical (unpaired) electrons. The molecule has 0 nitrogen and oxygen atoms in total. The number of hydrogen-bond donors (Lipinski definition) is 0. The highest BCUT2D eigenvalue weighted by molar-refractivity contribution is 7.91. The van der Waals surface area contributed by atoms with Gasteiger partial charge in [-0.15, -0.1) is 0 Å². The fourth-order valence-electron chi connectivity index (χ4n) is 5.75. The fourth-order valence-corrected chi connectivity index (χ4v) is 108. The zero-order valence-corrected chi connectivity index (χ0v) is 14.5. The minimum Gasteiger partial charge on any atom is -0.0715 e. The van der Waals surface area contributed by atoms with E-state index in [-0.39, 0.29) is 0 Å². The highest BCUT2D eigenvalue weighted by Crippen LogP contribution is 2.88. The first-order chi connectivity index (χ1) is 5.50. The molecule has 2 fully saturated rings. The summed E-state index contributed by atoms with van der Waals surface area (Å²) in [5.41, 5.74) is 0. The minimum absolute atomic E-state index is 0.714. The van der Waals surface area contributed by atoms with E-state index in [1.165, 1.54) is 0 Å². The third-order valence-corrected chi connectivity index (χ3v) is 69.8. The molecule has 2 rings (SSSR count). The molecule has 0 bridgehead atoms. The Hall–Kier alpha value is 0.868. The first kappa shape index (κ1) is 10.4. The van der Waals surface area contributed by atoms with Gasteiger partial charge in [-0.3, -0.25) is 0 Å². The van der Waals surface area contributed by atoms with Crippen molar-refractivity contribution in [2.75, 3.05) is 0 Å². The summed E-state index contributed by atoms with van der Waals surface area (Å²) in [4.78, 5) is 0. The highest BCUT2D eigenvalue weighted by Gasteiger charge is 3.01. The molecule has 0 saturated carbocycles. The van der Waals surface area contributed by atoms with Crippen LogP contribution < -0.4 is 0 Å². The molecule has 0 aliphatic carbocycles. The molecule has 0 unspecified atom stereocenters. The van der Waals surface area contributed by atoms with Crippen molar-refractivity contribution < 1.29 is 0 Å². The maximum absolute atomic E-state index is 2.72. The Kier molecular flexibility index (Phi) is 1.52. The Labute approximate surface area is 86.7 Å². The van der Waals surface area contributed by atoms with Gasteiger partial charge in [0.2, 0.25) is 0 Å². The summed E-state index contributed by atoms with van der Waals surface area (Å²) < 4.78 is 1.14. The number of rotatable bonds is 0. The summed E-state index contributed by atoms with van der Waals surface area (Å²) in [6.45, 7) is 21.7. The van der Waals surface area contributed by atoms with E-state index in [9.17, 15) is 0 Å². The van der Waals surface area contributed by atoms with E-state index in [2.05, 4.69) is 52.4 Å². The summed E-state index contributed by atoms with van der Waals surface area (Å²) in [5.74, 6) is 0. The first-order valence-electron chi connectivity index (χ1n) is 5.50. The van der Waals surface area contributed by atoms with Gasteiger partial charge in [-0.05, 0) is 0 Å². The van der Waals surface area contributed by atoms with Crippen LogP contribution in [0.25, 0.3) is 0 Å². The van der Waals surface area contributed by atoms with Crippen LogP contribution in [0.1, 0.15) is 0 Å². The molecule has 76 valence electrons. The maximum Gasteiger partial charge on any atom is 0.0387 e. The van der Waals surface area contributed by atoms with E-state index < -0.39 is 30.4 Å². The lowest BCUT2D eigenvalue weighted by molar-refractivity contribution is 1.54. The van der Waals surface area contributed by atoms with Crippen LogP contribution in [0.15, 0.2) is 0 Å². The first-order valence-corrected chi connectivity index (χ1v) is 19.5. The van der Waals surface area contributed by atoms with E-state index in [4.69, 9.17) is 0 Å². The monoisotopic (exact) mass is 244 g/mol. The van der Waals surface area contributed by atoms with Crippen molar-refractivity contribution in [2.45, 2.75) is 56.3 Å². The van der Waals surface area contributed by atoms with Crippen molar-refractivity contribution in [3.8, 4) is 0 Å². The molecule has 0 aromatic rings. The van der Waals surface area contributed by atoms with Gasteiger partial charge >= 0.3 is 0 Å². The molecule has 0 N–H and O–H groups in total. The summed E-state index contributed by atoms with van der Waals surface area (Å²) in [6.07, 6.45) is 0. The van der Waals surface area contributed by atoms with Crippen molar-refractivity contribution in [1.29, 1.82) is 0 Å². The largest absolute Gasteiger partial charge is 0.0715 e. The second-order valence-corrected chi connectivity index (χ2v) is 41.2. The molecule has 0 aromatic carbocycles. The Bertz CT molecular complexity index is 226. The van der Waals surface area contributed by atoms with Gasteiger partial charge in [0.15, 0.2) is 0 Å². The van der Waals surface area contributed by atoms with Crippen molar-refractivity contribution >= 4 is 30.4 Å². The fraction of sp³-hybridized carbons (Fsp3) is 1.00. The molecule has 0 atom stereocenters. The molecule has 1 spiro atoms. The van der Waals surface area contributed by atoms with Crippen LogP contribution in [0.4, 0.5) is 0 Å². The van der Waals surface area contributed by atoms with Gasteiger partial charge in [0.25, 0.3) is 0 Å². The molecular formula is C9H24Si4. The van der Waals surface area contributed by atoms with Gasteiger partial charge in [0, 0.05) is 30.4 Å². The minimum atomic E-state index is -0.714. The molecule has 4 heteroatoms. The van der Waals surface area contributed by atoms with E-state index in [1.807, 2.05) is 0 Å². The highest BCUT2D eigenvalue weighted by atomic mass is 29.4. The lowest BCUT2D eigenvalue weighted by Gasteiger charge is -2.02. The average molecular weight is 245 g/mol. The second kappa shape index (κ2) is 1.90. The number of hydrogen-bond acceptors (Lipinski definition) is 0. The van der Waals surface area contributed by atoms with E-state index in [0.29, 0.717) is 0 Å². The summed E-state index contributed by atoms with van der Waals surface area (Å²) in [5, 5.41) is 0. The van der Waals surface area contributed by atoms with Crippen LogP contribution in [-0.4, -0.2) is 30.4 Å². The zero-order valence-electron chi connectivity index (χ0n) is 10.5. The van der Waals surface area contributed by atoms with E-state index >= 15 is 0 Å². The van der Waals surface area contributed by atoms with Crippen LogP contribution in [0.2, 0.25) is 56.3 Å². The molecule has 2 saturated heterocycles. The van der Waals surface area contributed by atoms with Crippen LogP contribution >= 0.6 is 0 Å². The van der Waals surface area contributed by atoms with Gasteiger partial charge in [-0.1, -0.05) is 56.3 Å². The SMILES string of the molecule is C[Si]1(C)C2([Si]1(C)C)[Si](C)(C)[Si]2(C)C. The normalized spacial score (nSPS) is 38.8. The van der Waals surface area contributed by atoms with Crippen molar-refractivity contribution in [2.24, 2.45) is 0 Å². The van der Waals surface area contributed by atoms with Crippen molar-refractivity contribution in [1.82, 2.24) is 0 Å². The smallest absolute Gasteiger partial charge is 0.0387 e. The third kappa shape index (κ3) is 0.587. The van der Waals surface area contributed by atoms with Crippen LogP contribution in [0.5, 0.6) is 0 Å². The predicted octanol–water partition coefficient (Wildman–Crippen LogP) is 3.36. The Morgan fingerprint density at radius 3 is 0.615 bits per heavy atom. The van der Waals surface area contributed by atoms with E-state index in [1.54, 1.807) is 0 Å². The topological polar surface area (TPSA) is 0 Å². The average Bonchev–Trinajstić information content (AvgIpc) is 2.35. The molecule has 2 aliphatic rings. The molecule has 13 heavy (non-hydrogen) atoms. The molecule has 2 heterocycles. The predicted molar refractivity (Wildman–Crippen MR) is 72.6 cm³/mol. The Morgan fingerprint density at radius 2 is 0.615 bits per heavy atom. The van der Waals surface area contributed by atoms with Gasteiger partial charge in [0.05, 0.1) is 0 Å². The third-order valence-electron chi connectivity index (χ3n) is 6.75. The van der Waals surface area contributed by atoms with Crippen molar-refractivity contribution in [3.05, 3.63) is 0 Å². The van der Waals surface area contributed by atoms with Crippen molar-refractivity contribution in [3.63, 3.8) is 0 Å². The molecule has 0 aromatic heterocycles. The maximum atomic E-state index is 2.72. The molecular weight excluding hydrogens is 220 g/mol. The lowest BCUT2D eigenvalue weighted by atomic mass is 11.7. The summed E-state index contributed by atoms with van der Waals surface area (Å²) in [7, 11) is -2.85. The van der Waals surface area contributed by atoms with Crippen LogP contribution in [0, 0.1) is 0 Å². The summed E-state index contributed by atoms with van der Waals surface area (Å²) >= 11 is 0. The standard InChI is InChI=1S/C9H24Si4/c1-10(2)9(11(10,3)4)12(5,6)13(9,7)8/h1-8H3. The van der Waals surface area contributed by atoms with Crippen LogP contribution in [0.3, 0.4) is 0 Å². The van der Waals surface area contributed by atoms with Gasteiger partial charge in [0.1, 0.15) is 0 Å². The molecule has 0 amide bonds. The van der Waals surface area contributed by atoms with Gasteiger partial charge in [-0.2, -0.15) is 0 Å². The van der Waals surface area contributed by atoms with E-state index in [0.717, 1.165) is 3.91 Å². The van der Waals surface area contributed by atoms with Gasteiger partial charge in [-0.25, -0.2) is 0 Å². The zero-order chi connectivity index (χ0) is 10.5. The Balaban J connectivity index is 2.53. The van der Waals surface area contributed by atoms with Crippen LogP contribution in [-0.2, 0) is 0 Å².